The Hall–Kier alpha value is -0.360. The van der Waals surface area contributed by atoms with E-state index in [9.17, 15) is 14.7 Å². The standard InChI is InChI=1S/C11H20O4S2/c1-3-11(4-2,10(14)15)7-17-8-16-6-5-9(12)13/h3-8H2,1-2H3,(H,12,13)(H,14,15). The van der Waals surface area contributed by atoms with Crippen molar-refractivity contribution >= 4 is 35.5 Å². The predicted molar refractivity (Wildman–Crippen MR) is 72.7 cm³/mol. The molecular formula is C11H20O4S2. The minimum absolute atomic E-state index is 0.164. The van der Waals surface area contributed by atoms with Gasteiger partial charge >= 0.3 is 11.9 Å². The summed E-state index contributed by atoms with van der Waals surface area (Å²) >= 11 is 3.12. The molecule has 0 amide bonds. The maximum atomic E-state index is 11.2. The second-order valence-corrected chi connectivity index (χ2v) is 6.27. The molecule has 0 saturated heterocycles. The highest BCUT2D eigenvalue weighted by molar-refractivity contribution is 8.16. The maximum Gasteiger partial charge on any atom is 0.310 e. The third-order valence-electron chi connectivity index (χ3n) is 2.81. The summed E-state index contributed by atoms with van der Waals surface area (Å²) < 4.78 is 0. The van der Waals surface area contributed by atoms with Gasteiger partial charge in [0.1, 0.15) is 0 Å². The Kier molecular flexibility index (Phi) is 8.51. The van der Waals surface area contributed by atoms with E-state index in [0.717, 1.165) is 5.08 Å². The molecule has 17 heavy (non-hydrogen) atoms. The summed E-state index contributed by atoms with van der Waals surface area (Å²) in [5.74, 6) is -0.342. The highest BCUT2D eigenvalue weighted by atomic mass is 32.2. The van der Waals surface area contributed by atoms with Crippen LogP contribution in [0.2, 0.25) is 0 Å². The van der Waals surface area contributed by atoms with Crippen LogP contribution in [0.5, 0.6) is 0 Å². The van der Waals surface area contributed by atoms with Gasteiger partial charge in [-0.1, -0.05) is 13.8 Å². The summed E-state index contributed by atoms with van der Waals surface area (Å²) in [6.07, 6.45) is 1.42. The Morgan fingerprint density at radius 3 is 2.12 bits per heavy atom. The fraction of sp³-hybridized carbons (Fsp3) is 0.818. The van der Waals surface area contributed by atoms with Crippen LogP contribution in [0.3, 0.4) is 0 Å². The Morgan fingerprint density at radius 1 is 1.12 bits per heavy atom. The SMILES string of the molecule is CCC(CC)(CSCSCCC(=O)O)C(=O)O. The maximum absolute atomic E-state index is 11.2. The molecule has 0 bridgehead atoms. The molecule has 0 rings (SSSR count). The van der Waals surface area contributed by atoms with Crippen molar-refractivity contribution in [3.8, 4) is 0 Å². The van der Waals surface area contributed by atoms with E-state index >= 15 is 0 Å². The summed E-state index contributed by atoms with van der Waals surface area (Å²) in [5.41, 5.74) is -0.627. The number of thioether (sulfide) groups is 2. The zero-order chi connectivity index (χ0) is 13.3. The third kappa shape index (κ3) is 6.21. The van der Waals surface area contributed by atoms with E-state index in [-0.39, 0.29) is 6.42 Å². The van der Waals surface area contributed by atoms with Crippen LogP contribution in [0, 0.1) is 5.41 Å². The molecule has 0 radical (unpaired) electrons. The fourth-order valence-corrected chi connectivity index (χ4v) is 3.85. The monoisotopic (exact) mass is 280 g/mol. The normalized spacial score (nSPS) is 11.4. The van der Waals surface area contributed by atoms with Crippen molar-refractivity contribution in [2.45, 2.75) is 33.1 Å². The van der Waals surface area contributed by atoms with E-state index in [1.807, 2.05) is 13.8 Å². The van der Waals surface area contributed by atoms with Crippen LogP contribution in [0.1, 0.15) is 33.1 Å². The lowest BCUT2D eigenvalue weighted by Crippen LogP contribution is -2.32. The van der Waals surface area contributed by atoms with Gasteiger partial charge in [-0.15, -0.1) is 11.8 Å². The quantitative estimate of drug-likeness (QED) is 0.473. The smallest absolute Gasteiger partial charge is 0.310 e. The number of carboxylic acid groups (broad SMARTS) is 2. The first-order chi connectivity index (χ1) is 7.98. The Bertz CT molecular complexity index is 252. The molecule has 0 aromatic rings. The lowest BCUT2D eigenvalue weighted by molar-refractivity contribution is -0.148. The van der Waals surface area contributed by atoms with Gasteiger partial charge in [0.2, 0.25) is 0 Å². The number of rotatable bonds is 10. The molecule has 0 atom stereocenters. The Balaban J connectivity index is 3.84. The molecule has 0 aliphatic carbocycles. The van der Waals surface area contributed by atoms with Gasteiger partial charge in [-0.3, -0.25) is 9.59 Å². The van der Waals surface area contributed by atoms with E-state index in [0.29, 0.717) is 24.3 Å². The molecule has 100 valence electrons. The third-order valence-corrected chi connectivity index (χ3v) is 5.40. The van der Waals surface area contributed by atoms with E-state index in [1.165, 1.54) is 0 Å². The molecule has 0 spiro atoms. The molecule has 0 aromatic heterocycles. The van der Waals surface area contributed by atoms with Gasteiger partial charge in [-0.05, 0) is 12.8 Å². The summed E-state index contributed by atoms with van der Waals surface area (Å²) in [6.45, 7) is 3.80. The lowest BCUT2D eigenvalue weighted by Gasteiger charge is -2.25. The Morgan fingerprint density at radius 2 is 1.71 bits per heavy atom. The summed E-state index contributed by atoms with van der Waals surface area (Å²) in [6, 6.07) is 0. The van der Waals surface area contributed by atoms with Gasteiger partial charge in [0, 0.05) is 16.6 Å². The van der Waals surface area contributed by atoms with Crippen LogP contribution in [-0.2, 0) is 9.59 Å². The van der Waals surface area contributed by atoms with Gasteiger partial charge in [-0.2, -0.15) is 11.8 Å². The average Bonchev–Trinajstić information content (AvgIpc) is 2.28. The number of hydrogen-bond acceptors (Lipinski definition) is 4. The van der Waals surface area contributed by atoms with E-state index in [2.05, 4.69) is 0 Å². The molecule has 0 heterocycles. The zero-order valence-corrected chi connectivity index (χ0v) is 11.9. The van der Waals surface area contributed by atoms with Crippen molar-refractivity contribution in [2.75, 3.05) is 16.6 Å². The molecule has 0 unspecified atom stereocenters. The van der Waals surface area contributed by atoms with Crippen molar-refractivity contribution in [3.05, 3.63) is 0 Å². The number of hydrogen-bond donors (Lipinski definition) is 2. The molecule has 0 saturated carbocycles. The van der Waals surface area contributed by atoms with Crippen LogP contribution < -0.4 is 0 Å². The Labute approximate surface area is 111 Å². The minimum atomic E-state index is -0.788. The molecule has 0 aliphatic heterocycles. The van der Waals surface area contributed by atoms with Gasteiger partial charge < -0.3 is 10.2 Å². The molecule has 4 nitrogen and oxygen atoms in total. The van der Waals surface area contributed by atoms with Gasteiger partial charge in [0.25, 0.3) is 0 Å². The largest absolute Gasteiger partial charge is 0.481 e. The summed E-state index contributed by atoms with van der Waals surface area (Å²) in [5, 5.41) is 18.4. The topological polar surface area (TPSA) is 74.6 Å². The molecule has 0 aliphatic rings. The van der Waals surface area contributed by atoms with E-state index in [1.54, 1.807) is 23.5 Å². The first-order valence-electron chi connectivity index (χ1n) is 5.59. The van der Waals surface area contributed by atoms with Crippen molar-refractivity contribution in [1.29, 1.82) is 0 Å². The lowest BCUT2D eigenvalue weighted by atomic mass is 9.85. The van der Waals surface area contributed by atoms with Crippen LogP contribution in [0.25, 0.3) is 0 Å². The number of aliphatic carboxylic acids is 2. The van der Waals surface area contributed by atoms with Gasteiger partial charge in [0.15, 0.2) is 0 Å². The summed E-state index contributed by atoms with van der Waals surface area (Å²) in [4.78, 5) is 21.5. The average molecular weight is 280 g/mol. The number of carbonyl (C=O) groups is 2. The predicted octanol–water partition coefficient (Wildman–Crippen LogP) is 2.78. The molecule has 0 aromatic carbocycles. The van der Waals surface area contributed by atoms with Crippen LogP contribution >= 0.6 is 23.5 Å². The second kappa shape index (κ2) is 8.69. The van der Waals surface area contributed by atoms with Crippen LogP contribution in [0.4, 0.5) is 0 Å². The highest BCUT2D eigenvalue weighted by Crippen LogP contribution is 2.32. The summed E-state index contributed by atoms with van der Waals surface area (Å²) in [7, 11) is 0. The molecule has 2 N–H and O–H groups in total. The first kappa shape index (κ1) is 16.6. The van der Waals surface area contributed by atoms with Gasteiger partial charge in [-0.25, -0.2) is 0 Å². The van der Waals surface area contributed by atoms with E-state index < -0.39 is 17.4 Å². The zero-order valence-electron chi connectivity index (χ0n) is 10.3. The molecule has 0 fully saturated rings. The van der Waals surface area contributed by atoms with E-state index in [4.69, 9.17) is 5.11 Å². The number of carboxylic acids is 2. The van der Waals surface area contributed by atoms with Crippen molar-refractivity contribution in [2.24, 2.45) is 5.41 Å². The van der Waals surface area contributed by atoms with Crippen molar-refractivity contribution < 1.29 is 19.8 Å². The first-order valence-corrected chi connectivity index (χ1v) is 7.90. The van der Waals surface area contributed by atoms with Crippen LogP contribution in [-0.4, -0.2) is 38.7 Å². The van der Waals surface area contributed by atoms with Crippen molar-refractivity contribution in [1.82, 2.24) is 0 Å². The fourth-order valence-electron chi connectivity index (χ4n) is 1.33. The molecular weight excluding hydrogens is 260 g/mol. The highest BCUT2D eigenvalue weighted by Gasteiger charge is 2.34. The molecule has 6 heteroatoms. The minimum Gasteiger partial charge on any atom is -0.481 e. The van der Waals surface area contributed by atoms with Crippen LogP contribution in [0.15, 0.2) is 0 Å². The van der Waals surface area contributed by atoms with Crippen molar-refractivity contribution in [3.63, 3.8) is 0 Å². The van der Waals surface area contributed by atoms with Gasteiger partial charge in [0.05, 0.1) is 11.8 Å². The second-order valence-electron chi connectivity index (χ2n) is 3.81.